The van der Waals surface area contributed by atoms with Gasteiger partial charge in [0.2, 0.25) is 5.95 Å². The minimum atomic E-state index is -0.259. The predicted octanol–water partition coefficient (Wildman–Crippen LogP) is 3.76. The Morgan fingerprint density at radius 1 is 1.13 bits per heavy atom. The van der Waals surface area contributed by atoms with Crippen LogP contribution in [0.4, 0.5) is 16.6 Å². The van der Waals surface area contributed by atoms with Crippen molar-refractivity contribution in [2.45, 2.75) is 38.1 Å². The molecule has 3 heterocycles. The first-order chi connectivity index (χ1) is 14.9. The molecule has 2 aliphatic rings. The molecule has 2 amide bonds. The van der Waals surface area contributed by atoms with Gasteiger partial charge in [-0.2, -0.15) is 4.98 Å². The van der Waals surface area contributed by atoms with E-state index in [2.05, 4.69) is 64.2 Å². The third-order valence-corrected chi connectivity index (χ3v) is 6.14. The van der Waals surface area contributed by atoms with E-state index in [0.717, 1.165) is 24.2 Å². The number of rotatable bonds is 6. The highest BCUT2D eigenvalue weighted by Gasteiger charge is 2.47. The number of carbonyl (C=O) groups is 1. The van der Waals surface area contributed by atoms with Crippen LogP contribution in [0.5, 0.6) is 0 Å². The topological polar surface area (TPSA) is 79.2 Å². The number of hydrogen-bond acceptors (Lipinski definition) is 5. The normalized spacial score (nSPS) is 17.5. The van der Waals surface area contributed by atoms with Crippen LogP contribution < -0.4 is 10.2 Å². The molecule has 0 radical (unpaired) electrons. The van der Waals surface area contributed by atoms with Crippen LogP contribution in [0.3, 0.4) is 0 Å². The van der Waals surface area contributed by atoms with Gasteiger partial charge in [0.1, 0.15) is 5.82 Å². The van der Waals surface area contributed by atoms with Crippen molar-refractivity contribution in [2.75, 3.05) is 30.4 Å². The van der Waals surface area contributed by atoms with Gasteiger partial charge in [-0.05, 0) is 42.5 Å². The van der Waals surface area contributed by atoms with E-state index in [1.807, 2.05) is 6.33 Å². The molecule has 0 unspecified atom stereocenters. The van der Waals surface area contributed by atoms with E-state index in [9.17, 15) is 4.79 Å². The van der Waals surface area contributed by atoms with Gasteiger partial charge in [-0.15, -0.1) is 0 Å². The van der Waals surface area contributed by atoms with E-state index in [4.69, 9.17) is 4.98 Å². The quantitative estimate of drug-likeness (QED) is 0.661. The maximum atomic E-state index is 12.3. The maximum Gasteiger partial charge on any atom is 0.325 e. The second kappa shape index (κ2) is 7.37. The van der Waals surface area contributed by atoms with Crippen LogP contribution in [0.15, 0.2) is 49.1 Å². The monoisotopic (exact) mass is 417 g/mol. The summed E-state index contributed by atoms with van der Waals surface area (Å²) in [6.45, 7) is 5.73. The molecule has 3 aromatic rings. The molecule has 1 saturated heterocycles. The summed E-state index contributed by atoms with van der Waals surface area (Å²) in [5.41, 5.74) is 3.13. The zero-order chi connectivity index (χ0) is 21.6. The summed E-state index contributed by atoms with van der Waals surface area (Å²) in [4.78, 5) is 29.4. The molecule has 2 fully saturated rings. The summed E-state index contributed by atoms with van der Waals surface area (Å²) in [5.74, 6) is 1.62. The first-order valence-electron chi connectivity index (χ1n) is 10.7. The fraction of sp³-hybridized carbons (Fsp3) is 0.391. The standard InChI is InChI=1S/C23H27N7O/c1-16(2)17-5-4-6-18(13-17)29-14-19(25-15-29)23(8-9-23)27-21-24-10-7-20(26-21)30-12-11-28(3)22(30)31/h4-7,10,13-16H,8-9,11-12H2,1-3H3,(H,24,26,27). The van der Waals surface area contributed by atoms with E-state index in [0.29, 0.717) is 30.8 Å². The molecular weight excluding hydrogens is 390 g/mol. The molecular formula is C23H27N7O. The van der Waals surface area contributed by atoms with Crippen LogP contribution >= 0.6 is 0 Å². The number of anilines is 2. The van der Waals surface area contributed by atoms with Crippen LogP contribution in [0.2, 0.25) is 0 Å². The summed E-state index contributed by atoms with van der Waals surface area (Å²) in [5, 5.41) is 3.48. The van der Waals surface area contributed by atoms with Crippen molar-refractivity contribution >= 4 is 17.8 Å². The van der Waals surface area contributed by atoms with Gasteiger partial charge in [-0.1, -0.05) is 26.0 Å². The molecule has 0 atom stereocenters. The van der Waals surface area contributed by atoms with E-state index in [1.165, 1.54) is 5.56 Å². The third kappa shape index (κ3) is 3.62. The Balaban J connectivity index is 1.36. The first kappa shape index (κ1) is 19.5. The molecule has 8 heteroatoms. The minimum absolute atomic E-state index is 0.0341. The van der Waals surface area contributed by atoms with Crippen LogP contribution in [0.25, 0.3) is 5.69 Å². The second-order valence-corrected chi connectivity index (χ2v) is 8.72. The number of aromatic nitrogens is 4. The molecule has 0 spiro atoms. The number of amides is 2. The Morgan fingerprint density at radius 3 is 2.68 bits per heavy atom. The van der Waals surface area contributed by atoms with Crippen molar-refractivity contribution in [1.82, 2.24) is 24.4 Å². The molecule has 1 N–H and O–H groups in total. The average Bonchev–Trinajstić information content (AvgIpc) is 3.22. The lowest BCUT2D eigenvalue weighted by atomic mass is 10.0. The van der Waals surface area contributed by atoms with Crippen molar-refractivity contribution in [2.24, 2.45) is 0 Å². The number of nitrogens with zero attached hydrogens (tertiary/aromatic N) is 6. The van der Waals surface area contributed by atoms with Gasteiger partial charge >= 0.3 is 6.03 Å². The lowest BCUT2D eigenvalue weighted by Gasteiger charge is -2.18. The van der Waals surface area contributed by atoms with Gasteiger partial charge in [0, 0.05) is 38.2 Å². The summed E-state index contributed by atoms with van der Waals surface area (Å²) in [6, 6.07) is 10.3. The highest BCUT2D eigenvalue weighted by atomic mass is 16.2. The van der Waals surface area contributed by atoms with Gasteiger partial charge in [-0.25, -0.2) is 14.8 Å². The van der Waals surface area contributed by atoms with Crippen LogP contribution in [0.1, 0.15) is 43.9 Å². The number of carbonyl (C=O) groups excluding carboxylic acids is 1. The Kier molecular flexibility index (Phi) is 4.64. The Morgan fingerprint density at radius 2 is 1.97 bits per heavy atom. The van der Waals surface area contributed by atoms with E-state index < -0.39 is 0 Å². The molecule has 5 rings (SSSR count). The van der Waals surface area contributed by atoms with Crippen molar-refractivity contribution in [3.05, 3.63) is 60.3 Å². The zero-order valence-electron chi connectivity index (χ0n) is 18.1. The van der Waals surface area contributed by atoms with Gasteiger partial charge in [0.25, 0.3) is 0 Å². The minimum Gasteiger partial charge on any atom is -0.343 e. The summed E-state index contributed by atoms with van der Waals surface area (Å²) < 4.78 is 2.07. The summed E-state index contributed by atoms with van der Waals surface area (Å²) in [7, 11) is 1.80. The fourth-order valence-electron chi connectivity index (χ4n) is 3.96. The lowest BCUT2D eigenvalue weighted by Crippen LogP contribution is -2.30. The molecule has 31 heavy (non-hydrogen) atoms. The SMILES string of the molecule is CC(C)c1cccc(-n2cnc(C3(Nc4nccc(N5CCN(C)C5=O)n4)CC3)c2)c1. The highest BCUT2D eigenvalue weighted by Crippen LogP contribution is 2.47. The molecule has 160 valence electrons. The summed E-state index contributed by atoms with van der Waals surface area (Å²) in [6.07, 6.45) is 7.58. The van der Waals surface area contributed by atoms with E-state index >= 15 is 0 Å². The Hall–Kier alpha value is -3.42. The number of likely N-dealkylation sites (N-methyl/N-ethyl adjacent to an activating group) is 1. The number of benzene rings is 1. The van der Waals surface area contributed by atoms with Crippen LogP contribution in [0, 0.1) is 0 Å². The van der Waals surface area contributed by atoms with Crippen molar-refractivity contribution < 1.29 is 4.79 Å². The smallest absolute Gasteiger partial charge is 0.325 e. The van der Waals surface area contributed by atoms with Gasteiger partial charge in [-0.3, -0.25) is 4.90 Å². The molecule has 2 aromatic heterocycles. The number of hydrogen-bond donors (Lipinski definition) is 1. The van der Waals surface area contributed by atoms with Gasteiger partial charge in [0.05, 0.1) is 17.6 Å². The van der Waals surface area contributed by atoms with Gasteiger partial charge in [0.15, 0.2) is 0 Å². The van der Waals surface area contributed by atoms with Crippen molar-refractivity contribution in [1.29, 1.82) is 0 Å². The maximum absolute atomic E-state index is 12.3. The zero-order valence-corrected chi connectivity index (χ0v) is 18.1. The summed E-state index contributed by atoms with van der Waals surface area (Å²) >= 11 is 0. The first-order valence-corrected chi connectivity index (χ1v) is 10.7. The fourth-order valence-corrected chi connectivity index (χ4v) is 3.96. The van der Waals surface area contributed by atoms with Crippen molar-refractivity contribution in [3.63, 3.8) is 0 Å². The van der Waals surface area contributed by atoms with Crippen molar-refractivity contribution in [3.8, 4) is 5.69 Å². The number of urea groups is 1. The van der Waals surface area contributed by atoms with E-state index in [1.54, 1.807) is 29.1 Å². The second-order valence-electron chi connectivity index (χ2n) is 8.72. The molecule has 0 bridgehead atoms. The molecule has 1 saturated carbocycles. The molecule has 1 aromatic carbocycles. The van der Waals surface area contributed by atoms with E-state index in [-0.39, 0.29) is 11.6 Å². The largest absolute Gasteiger partial charge is 0.343 e. The van der Waals surface area contributed by atoms with Gasteiger partial charge < -0.3 is 14.8 Å². The highest BCUT2D eigenvalue weighted by molar-refractivity contribution is 5.93. The molecule has 1 aliphatic heterocycles. The molecule has 1 aliphatic carbocycles. The predicted molar refractivity (Wildman–Crippen MR) is 120 cm³/mol. The average molecular weight is 418 g/mol. The molecule has 8 nitrogen and oxygen atoms in total. The number of nitrogens with one attached hydrogen (secondary N) is 1. The Labute approximate surface area is 181 Å². The lowest BCUT2D eigenvalue weighted by molar-refractivity contribution is 0.229. The number of imidazole rings is 1. The third-order valence-electron chi connectivity index (χ3n) is 6.14. The van der Waals surface area contributed by atoms with Crippen LogP contribution in [-0.2, 0) is 5.54 Å². The van der Waals surface area contributed by atoms with Crippen LogP contribution in [-0.4, -0.2) is 50.6 Å². The Bertz CT molecular complexity index is 1120.